The highest BCUT2D eigenvalue weighted by Gasteiger charge is 2.31. The van der Waals surface area contributed by atoms with Gasteiger partial charge in [0.15, 0.2) is 0 Å². The zero-order chi connectivity index (χ0) is 24.2. The van der Waals surface area contributed by atoms with Crippen molar-refractivity contribution in [2.45, 2.75) is 25.2 Å². The monoisotopic (exact) mass is 464 g/mol. The number of benzene rings is 2. The number of fused-ring (bicyclic) bond motifs is 1. The molecule has 2 N–H and O–H groups in total. The molecule has 33 heavy (non-hydrogen) atoms. The lowest BCUT2D eigenvalue weighted by Gasteiger charge is -2.30. The molecule has 1 heterocycles. The number of hydrogen-bond acceptors (Lipinski definition) is 5. The van der Waals surface area contributed by atoms with Crippen LogP contribution in [0.2, 0.25) is 0 Å². The Kier molecular flexibility index (Phi) is 7.47. The van der Waals surface area contributed by atoms with Crippen LogP contribution in [0, 0.1) is 0 Å². The molecular formula is C23H27F3N4O3. The number of nitrogens with zero attached hydrogens (tertiary/aromatic N) is 2. The molecule has 0 spiro atoms. The molecule has 1 atom stereocenters. The highest BCUT2D eigenvalue weighted by atomic mass is 19.4. The molecule has 10 heteroatoms. The summed E-state index contributed by atoms with van der Waals surface area (Å²) in [4.78, 5) is 28.7. The van der Waals surface area contributed by atoms with Gasteiger partial charge in [-0.2, -0.15) is 0 Å². The van der Waals surface area contributed by atoms with Gasteiger partial charge in [0.25, 0.3) is 0 Å². The number of halogens is 3. The Morgan fingerprint density at radius 1 is 1.12 bits per heavy atom. The van der Waals surface area contributed by atoms with Crippen LogP contribution in [0.25, 0.3) is 0 Å². The summed E-state index contributed by atoms with van der Waals surface area (Å²) in [6.45, 7) is 1.24. The van der Waals surface area contributed by atoms with Crippen molar-refractivity contribution >= 4 is 23.2 Å². The fourth-order valence-corrected chi connectivity index (χ4v) is 3.81. The maximum atomic E-state index is 12.3. The number of nitrogens with one attached hydrogen (secondary N) is 2. The van der Waals surface area contributed by atoms with Crippen molar-refractivity contribution in [1.82, 2.24) is 10.2 Å². The number of rotatable bonds is 6. The fourth-order valence-electron chi connectivity index (χ4n) is 3.81. The average Bonchev–Trinajstić information content (AvgIpc) is 2.74. The fraction of sp³-hybridized carbons (Fsp3) is 0.391. The van der Waals surface area contributed by atoms with Gasteiger partial charge in [0.05, 0.1) is 6.04 Å². The Balaban J connectivity index is 1.59. The molecule has 2 amide bonds. The number of amides is 2. The third-order valence-corrected chi connectivity index (χ3v) is 5.47. The molecule has 0 bridgehead atoms. The highest BCUT2D eigenvalue weighted by Crippen LogP contribution is 2.30. The number of anilines is 2. The summed E-state index contributed by atoms with van der Waals surface area (Å²) in [5, 5.41) is 5.00. The van der Waals surface area contributed by atoms with Crippen LogP contribution < -0.4 is 20.3 Å². The Morgan fingerprint density at radius 3 is 2.45 bits per heavy atom. The average molecular weight is 464 g/mol. The van der Waals surface area contributed by atoms with Crippen LogP contribution in [-0.2, 0) is 16.0 Å². The van der Waals surface area contributed by atoms with Crippen LogP contribution in [0.1, 0.15) is 23.6 Å². The van der Waals surface area contributed by atoms with Crippen LogP contribution in [0.5, 0.6) is 5.75 Å². The van der Waals surface area contributed by atoms with Crippen molar-refractivity contribution in [3.63, 3.8) is 0 Å². The van der Waals surface area contributed by atoms with Crippen molar-refractivity contribution in [3.8, 4) is 5.75 Å². The summed E-state index contributed by atoms with van der Waals surface area (Å²) in [6.07, 6.45) is -2.73. The van der Waals surface area contributed by atoms with Crippen molar-refractivity contribution in [3.05, 3.63) is 53.6 Å². The van der Waals surface area contributed by atoms with E-state index in [4.69, 9.17) is 0 Å². The topological polar surface area (TPSA) is 73.9 Å². The minimum absolute atomic E-state index is 0.141. The smallest absolute Gasteiger partial charge is 0.406 e. The van der Waals surface area contributed by atoms with Gasteiger partial charge in [0.2, 0.25) is 0 Å². The van der Waals surface area contributed by atoms with E-state index >= 15 is 0 Å². The maximum absolute atomic E-state index is 12.3. The molecule has 2 aromatic carbocycles. The first-order valence-electron chi connectivity index (χ1n) is 10.5. The van der Waals surface area contributed by atoms with E-state index in [2.05, 4.69) is 39.5 Å². The number of carbonyl (C=O) groups excluding carboxylic acids is 2. The largest absolute Gasteiger partial charge is 0.573 e. The van der Waals surface area contributed by atoms with E-state index in [0.717, 1.165) is 37.1 Å². The molecule has 0 saturated heterocycles. The molecule has 1 aliphatic rings. The Labute approximate surface area is 190 Å². The normalized spacial score (nSPS) is 14.5. The van der Waals surface area contributed by atoms with Gasteiger partial charge < -0.3 is 25.2 Å². The number of carbonyl (C=O) groups is 2. The van der Waals surface area contributed by atoms with Crippen LogP contribution >= 0.6 is 0 Å². The Morgan fingerprint density at radius 2 is 1.82 bits per heavy atom. The van der Waals surface area contributed by atoms with Crippen LogP contribution in [0.3, 0.4) is 0 Å². The third kappa shape index (κ3) is 6.61. The lowest BCUT2D eigenvalue weighted by atomic mass is 9.96. The predicted molar refractivity (Wildman–Crippen MR) is 119 cm³/mol. The molecular weight excluding hydrogens is 437 g/mol. The lowest BCUT2D eigenvalue weighted by molar-refractivity contribution is -0.274. The van der Waals surface area contributed by atoms with E-state index < -0.39 is 23.9 Å². The second-order valence-electron chi connectivity index (χ2n) is 8.13. The van der Waals surface area contributed by atoms with Crippen LogP contribution in [-0.4, -0.2) is 57.3 Å². The van der Waals surface area contributed by atoms with E-state index in [0.29, 0.717) is 0 Å². The van der Waals surface area contributed by atoms with Gasteiger partial charge in [-0.1, -0.05) is 12.1 Å². The van der Waals surface area contributed by atoms with Crippen molar-refractivity contribution in [1.29, 1.82) is 0 Å². The van der Waals surface area contributed by atoms with Crippen LogP contribution in [0.4, 0.5) is 24.5 Å². The van der Waals surface area contributed by atoms with Crippen molar-refractivity contribution in [2.24, 2.45) is 0 Å². The summed E-state index contributed by atoms with van der Waals surface area (Å²) in [6, 6.07) is 10.7. The SMILES string of the molecule is CN1CCCc2cc([C@H](CNC(=O)C(=O)Nc3ccc(OC(F)(F)F)cc3)N(C)C)ccc21. The van der Waals surface area contributed by atoms with Crippen molar-refractivity contribution in [2.75, 3.05) is 44.4 Å². The number of aryl methyl sites for hydroxylation is 1. The van der Waals surface area contributed by atoms with Gasteiger partial charge in [-0.05, 0) is 68.4 Å². The van der Waals surface area contributed by atoms with E-state index in [-0.39, 0.29) is 18.3 Å². The van der Waals surface area contributed by atoms with Gasteiger partial charge in [-0.25, -0.2) is 0 Å². The molecule has 0 fully saturated rings. The van der Waals surface area contributed by atoms with Gasteiger partial charge in [0, 0.05) is 31.5 Å². The Hall–Kier alpha value is -3.27. The number of likely N-dealkylation sites (N-methyl/N-ethyl adjacent to an activating group) is 1. The first kappa shape index (κ1) is 24.4. The molecule has 7 nitrogen and oxygen atoms in total. The number of hydrogen-bond donors (Lipinski definition) is 2. The first-order valence-corrected chi connectivity index (χ1v) is 10.5. The molecule has 0 aromatic heterocycles. The zero-order valence-electron chi connectivity index (χ0n) is 18.7. The number of ether oxygens (including phenoxy) is 1. The standard InChI is InChI=1S/C23H27F3N4O3/c1-29(2)20(16-6-11-19-15(13-16)5-4-12-30(19)3)14-27-21(31)22(32)28-17-7-9-18(10-8-17)33-23(24,25)26/h6-11,13,20H,4-5,12,14H2,1-3H3,(H,27,31)(H,28,32)/t20-/m0/s1. The summed E-state index contributed by atoms with van der Waals surface area (Å²) in [7, 11) is 5.86. The van der Waals surface area contributed by atoms with Gasteiger partial charge in [-0.15, -0.1) is 13.2 Å². The lowest BCUT2D eigenvalue weighted by Crippen LogP contribution is -2.40. The third-order valence-electron chi connectivity index (χ3n) is 5.47. The van der Waals surface area contributed by atoms with Gasteiger partial charge in [0.1, 0.15) is 5.75 Å². The summed E-state index contributed by atoms with van der Waals surface area (Å²) >= 11 is 0. The van der Waals surface area contributed by atoms with Crippen molar-refractivity contribution < 1.29 is 27.5 Å². The van der Waals surface area contributed by atoms with E-state index in [9.17, 15) is 22.8 Å². The van der Waals surface area contributed by atoms with Gasteiger partial charge >= 0.3 is 18.2 Å². The van der Waals surface area contributed by atoms with E-state index in [1.165, 1.54) is 23.4 Å². The molecule has 178 valence electrons. The molecule has 1 aliphatic heterocycles. The summed E-state index contributed by atoms with van der Waals surface area (Å²) in [5.41, 5.74) is 3.68. The maximum Gasteiger partial charge on any atom is 0.573 e. The summed E-state index contributed by atoms with van der Waals surface area (Å²) in [5.74, 6) is -2.17. The predicted octanol–water partition coefficient (Wildman–Crippen LogP) is 3.33. The minimum Gasteiger partial charge on any atom is -0.406 e. The first-order chi connectivity index (χ1) is 15.5. The van der Waals surface area contributed by atoms with Gasteiger partial charge in [-0.3, -0.25) is 9.59 Å². The Bertz CT molecular complexity index is 993. The minimum atomic E-state index is -4.80. The molecule has 0 unspecified atom stereocenters. The van der Waals surface area contributed by atoms with E-state index in [1.54, 1.807) is 0 Å². The second-order valence-corrected chi connectivity index (χ2v) is 8.13. The molecule has 0 saturated carbocycles. The molecule has 0 radical (unpaired) electrons. The zero-order valence-corrected chi connectivity index (χ0v) is 18.7. The highest BCUT2D eigenvalue weighted by molar-refractivity contribution is 6.39. The summed E-state index contributed by atoms with van der Waals surface area (Å²) < 4.78 is 40.5. The molecule has 2 aromatic rings. The molecule has 3 rings (SSSR count). The van der Waals surface area contributed by atoms with E-state index in [1.807, 2.05) is 25.1 Å². The second kappa shape index (κ2) is 10.1. The molecule has 0 aliphatic carbocycles. The number of alkyl halides is 3. The quantitative estimate of drug-likeness (QED) is 0.642. The van der Waals surface area contributed by atoms with Crippen LogP contribution in [0.15, 0.2) is 42.5 Å².